The average molecular weight is 392 g/mol. The van der Waals surface area contributed by atoms with E-state index in [4.69, 9.17) is 9.47 Å². The summed E-state index contributed by atoms with van der Waals surface area (Å²) in [6.07, 6.45) is 1.08. The van der Waals surface area contributed by atoms with E-state index in [0.29, 0.717) is 30.0 Å². The number of hydrogen-bond donors (Lipinski definition) is 1. The van der Waals surface area contributed by atoms with Crippen LogP contribution in [0.5, 0.6) is 5.75 Å². The first kappa shape index (κ1) is 19.2. The van der Waals surface area contributed by atoms with Crippen LogP contribution in [0.2, 0.25) is 0 Å². The van der Waals surface area contributed by atoms with Gasteiger partial charge in [-0.2, -0.15) is 0 Å². The number of anilines is 1. The Bertz CT molecular complexity index is 1080. The minimum atomic E-state index is -0.473. The van der Waals surface area contributed by atoms with E-state index in [9.17, 15) is 9.59 Å². The maximum absolute atomic E-state index is 13.2. The van der Waals surface area contributed by atoms with Gasteiger partial charge in [0.25, 0.3) is 11.5 Å². The van der Waals surface area contributed by atoms with E-state index in [1.807, 2.05) is 43.3 Å². The van der Waals surface area contributed by atoms with Crippen LogP contribution in [-0.2, 0) is 16.1 Å². The maximum atomic E-state index is 13.2. The molecule has 29 heavy (non-hydrogen) atoms. The molecule has 0 spiro atoms. The summed E-state index contributed by atoms with van der Waals surface area (Å²) in [6.45, 7) is 2.77. The molecule has 6 heteroatoms. The normalized spacial score (nSPS) is 16.1. The molecule has 4 rings (SSSR count). The third-order valence-electron chi connectivity index (χ3n) is 5.26. The van der Waals surface area contributed by atoms with E-state index in [0.717, 1.165) is 22.9 Å². The molecule has 0 bridgehead atoms. The number of carbonyl (C=O) groups is 1. The lowest BCUT2D eigenvalue weighted by Gasteiger charge is -2.25. The molecule has 1 amide bonds. The van der Waals surface area contributed by atoms with Crippen LogP contribution in [0, 0.1) is 6.92 Å². The molecular weight excluding hydrogens is 368 g/mol. The number of nitrogens with zero attached hydrogens (tertiary/aromatic N) is 1. The molecule has 0 radical (unpaired) electrons. The van der Waals surface area contributed by atoms with Crippen molar-refractivity contribution in [3.8, 4) is 5.75 Å². The zero-order valence-corrected chi connectivity index (χ0v) is 16.6. The Morgan fingerprint density at radius 2 is 2.00 bits per heavy atom. The molecule has 1 aliphatic heterocycles. The topological polar surface area (TPSA) is 71.6 Å². The Labute approximate surface area is 169 Å². The molecule has 1 aromatic heterocycles. The summed E-state index contributed by atoms with van der Waals surface area (Å²) in [5.41, 5.74) is 2.93. The van der Waals surface area contributed by atoms with Gasteiger partial charge in [0.05, 0.1) is 13.7 Å². The number of hydrogen-bond acceptors (Lipinski definition) is 4. The van der Waals surface area contributed by atoms with Crippen molar-refractivity contribution in [3.05, 3.63) is 70.0 Å². The second kappa shape index (κ2) is 8.09. The van der Waals surface area contributed by atoms with E-state index >= 15 is 0 Å². The van der Waals surface area contributed by atoms with E-state index in [2.05, 4.69) is 4.98 Å². The highest BCUT2D eigenvalue weighted by atomic mass is 16.5. The van der Waals surface area contributed by atoms with Crippen molar-refractivity contribution in [2.24, 2.45) is 0 Å². The van der Waals surface area contributed by atoms with Gasteiger partial charge in [0, 0.05) is 23.4 Å². The lowest BCUT2D eigenvalue weighted by molar-refractivity contribution is -0.127. The van der Waals surface area contributed by atoms with Crippen LogP contribution in [0.15, 0.2) is 53.3 Å². The molecule has 1 fully saturated rings. The molecule has 1 N–H and O–H groups in total. The lowest BCUT2D eigenvalue weighted by atomic mass is 10.1. The van der Waals surface area contributed by atoms with E-state index in [-0.39, 0.29) is 18.0 Å². The van der Waals surface area contributed by atoms with Gasteiger partial charge in [-0.05, 0) is 67.6 Å². The summed E-state index contributed by atoms with van der Waals surface area (Å²) in [5, 5.41) is 0.943. The van der Waals surface area contributed by atoms with Gasteiger partial charge in [-0.15, -0.1) is 0 Å². The fourth-order valence-corrected chi connectivity index (χ4v) is 3.66. The Balaban J connectivity index is 1.72. The standard InChI is InChI=1S/C23H24N2O4/c1-15-5-10-20-16(12-15)13-17(22(26)24-20)14-25(23(27)21-4-3-11-29-21)18-6-8-19(28-2)9-7-18/h5-10,12-13,21H,3-4,11,14H2,1-2H3,(H,24,26)/t21-/m1/s1. The molecule has 0 unspecified atom stereocenters. The first-order chi connectivity index (χ1) is 14.0. The molecule has 0 saturated carbocycles. The fourth-order valence-electron chi connectivity index (χ4n) is 3.66. The Morgan fingerprint density at radius 3 is 2.69 bits per heavy atom. The van der Waals surface area contributed by atoms with Crippen molar-refractivity contribution in [1.29, 1.82) is 0 Å². The van der Waals surface area contributed by atoms with Crippen LogP contribution in [0.1, 0.15) is 24.0 Å². The number of pyridine rings is 1. The van der Waals surface area contributed by atoms with Crippen LogP contribution in [0.4, 0.5) is 5.69 Å². The van der Waals surface area contributed by atoms with Crippen molar-refractivity contribution in [2.45, 2.75) is 32.4 Å². The van der Waals surface area contributed by atoms with Gasteiger partial charge >= 0.3 is 0 Å². The smallest absolute Gasteiger partial charge is 0.256 e. The molecule has 1 aliphatic rings. The van der Waals surface area contributed by atoms with Crippen LogP contribution >= 0.6 is 0 Å². The highest BCUT2D eigenvalue weighted by Gasteiger charge is 2.29. The number of aromatic amines is 1. The van der Waals surface area contributed by atoms with Gasteiger partial charge in [-0.3, -0.25) is 9.59 Å². The van der Waals surface area contributed by atoms with Gasteiger partial charge < -0.3 is 19.4 Å². The summed E-state index contributed by atoms with van der Waals surface area (Å²) in [6, 6.07) is 15.0. The predicted molar refractivity (Wildman–Crippen MR) is 112 cm³/mol. The second-order valence-electron chi connectivity index (χ2n) is 7.34. The zero-order valence-electron chi connectivity index (χ0n) is 16.6. The summed E-state index contributed by atoms with van der Waals surface area (Å²) in [5.74, 6) is 0.577. The van der Waals surface area contributed by atoms with Gasteiger partial charge in [0.15, 0.2) is 0 Å². The molecule has 150 valence electrons. The molecular formula is C23H24N2O4. The summed E-state index contributed by atoms with van der Waals surface area (Å²) in [4.78, 5) is 30.4. The molecule has 1 saturated heterocycles. The van der Waals surface area contributed by atoms with Crippen LogP contribution in [0.3, 0.4) is 0 Å². The SMILES string of the molecule is COc1ccc(N(Cc2cc3cc(C)ccc3[nH]c2=O)C(=O)[C@H]2CCCO2)cc1. The number of amides is 1. The zero-order chi connectivity index (χ0) is 20.4. The van der Waals surface area contributed by atoms with Crippen molar-refractivity contribution in [2.75, 3.05) is 18.6 Å². The molecule has 0 aliphatic carbocycles. The van der Waals surface area contributed by atoms with Gasteiger partial charge in [0.2, 0.25) is 0 Å². The number of aryl methyl sites for hydroxylation is 1. The van der Waals surface area contributed by atoms with E-state index < -0.39 is 6.10 Å². The molecule has 6 nitrogen and oxygen atoms in total. The number of benzene rings is 2. The number of rotatable bonds is 5. The number of H-pyrrole nitrogens is 1. The second-order valence-corrected chi connectivity index (χ2v) is 7.34. The number of ether oxygens (including phenoxy) is 2. The Hall–Kier alpha value is -3.12. The Kier molecular flexibility index (Phi) is 5.36. The number of fused-ring (bicyclic) bond motifs is 1. The molecule has 2 heterocycles. The Morgan fingerprint density at radius 1 is 1.21 bits per heavy atom. The van der Waals surface area contributed by atoms with Crippen molar-refractivity contribution in [1.82, 2.24) is 4.98 Å². The number of carbonyl (C=O) groups excluding carboxylic acids is 1. The van der Waals surface area contributed by atoms with Gasteiger partial charge in [-0.1, -0.05) is 11.6 Å². The monoisotopic (exact) mass is 392 g/mol. The third-order valence-corrected chi connectivity index (χ3v) is 5.26. The van der Waals surface area contributed by atoms with Gasteiger partial charge in [-0.25, -0.2) is 0 Å². The highest BCUT2D eigenvalue weighted by molar-refractivity contribution is 5.96. The summed E-state index contributed by atoms with van der Waals surface area (Å²) in [7, 11) is 1.60. The van der Waals surface area contributed by atoms with Crippen molar-refractivity contribution in [3.63, 3.8) is 0 Å². The largest absolute Gasteiger partial charge is 0.497 e. The lowest BCUT2D eigenvalue weighted by Crippen LogP contribution is -2.39. The highest BCUT2D eigenvalue weighted by Crippen LogP contribution is 2.25. The third kappa shape index (κ3) is 4.03. The average Bonchev–Trinajstić information content (AvgIpc) is 3.27. The van der Waals surface area contributed by atoms with E-state index in [1.165, 1.54) is 0 Å². The number of aromatic nitrogens is 1. The minimum absolute atomic E-state index is 0.128. The quantitative estimate of drug-likeness (QED) is 0.721. The van der Waals surface area contributed by atoms with Crippen LogP contribution < -0.4 is 15.2 Å². The minimum Gasteiger partial charge on any atom is -0.497 e. The summed E-state index contributed by atoms with van der Waals surface area (Å²) < 4.78 is 10.8. The van der Waals surface area contributed by atoms with Crippen LogP contribution in [0.25, 0.3) is 10.9 Å². The molecule has 1 atom stereocenters. The van der Waals surface area contributed by atoms with Crippen molar-refractivity contribution < 1.29 is 14.3 Å². The first-order valence-corrected chi connectivity index (χ1v) is 9.75. The van der Waals surface area contributed by atoms with E-state index in [1.54, 1.807) is 24.1 Å². The summed E-state index contributed by atoms with van der Waals surface area (Å²) >= 11 is 0. The molecule has 2 aromatic carbocycles. The fraction of sp³-hybridized carbons (Fsp3) is 0.304. The predicted octanol–water partition coefficient (Wildman–Crippen LogP) is 3.56. The first-order valence-electron chi connectivity index (χ1n) is 9.75. The van der Waals surface area contributed by atoms with Crippen molar-refractivity contribution >= 4 is 22.5 Å². The molecule has 3 aromatic rings. The van der Waals surface area contributed by atoms with Crippen LogP contribution in [-0.4, -0.2) is 30.7 Å². The number of nitrogens with one attached hydrogen (secondary N) is 1. The number of methoxy groups -OCH3 is 1. The maximum Gasteiger partial charge on any atom is 0.256 e. The van der Waals surface area contributed by atoms with Gasteiger partial charge in [0.1, 0.15) is 11.9 Å².